The molecule has 0 amide bonds. The van der Waals surface area contributed by atoms with E-state index in [-0.39, 0.29) is 30.2 Å². The van der Waals surface area contributed by atoms with E-state index in [1.54, 1.807) is 0 Å². The molecule has 0 N–H and O–H groups in total. The van der Waals surface area contributed by atoms with Gasteiger partial charge in [0.1, 0.15) is 0 Å². The zero-order valence-electron chi connectivity index (χ0n) is 11.9. The summed E-state index contributed by atoms with van der Waals surface area (Å²) >= 11 is 3.25. The van der Waals surface area contributed by atoms with Gasteiger partial charge in [-0.15, -0.1) is 0 Å². The van der Waals surface area contributed by atoms with Crippen LogP contribution in [0.15, 0.2) is 53.1 Å². The van der Waals surface area contributed by atoms with Gasteiger partial charge < -0.3 is 24.8 Å². The van der Waals surface area contributed by atoms with Crippen molar-refractivity contribution in [1.29, 1.82) is 0 Å². The summed E-state index contributed by atoms with van der Waals surface area (Å²) in [5.74, 6) is 0.360. The summed E-state index contributed by atoms with van der Waals surface area (Å²) in [6, 6.07) is 14.8. The van der Waals surface area contributed by atoms with Crippen LogP contribution in [-0.4, -0.2) is 4.98 Å². The topological polar surface area (TPSA) is 12.9 Å². The van der Waals surface area contributed by atoms with E-state index < -0.39 is 0 Å². The summed E-state index contributed by atoms with van der Waals surface area (Å²) in [6.07, 6.45) is 4.13. The molecular formula is C17H16Cl2CrN. The molecule has 0 bridgehead atoms. The number of rotatable bonds is 2. The van der Waals surface area contributed by atoms with E-state index in [1.807, 2.05) is 12.3 Å². The SMILES string of the molecule is CC(C)(c1ccccn1)C1[C]([Cr+2])=Cc2ccccc21.[Cl-].[Cl-]. The number of hydrogen-bond donors (Lipinski definition) is 0. The summed E-state index contributed by atoms with van der Waals surface area (Å²) in [6.45, 7) is 4.54. The van der Waals surface area contributed by atoms with Crippen LogP contribution in [0.3, 0.4) is 0 Å². The normalized spacial score (nSPS) is 16.2. The molecule has 0 aliphatic heterocycles. The fraction of sp³-hybridized carbons (Fsp3) is 0.235. The minimum Gasteiger partial charge on any atom is -1.00 e. The van der Waals surface area contributed by atoms with E-state index in [2.05, 4.69) is 77.6 Å². The number of aromatic nitrogens is 1. The number of allylic oxidation sites excluding steroid dienone is 1. The van der Waals surface area contributed by atoms with Gasteiger partial charge in [-0.25, -0.2) is 0 Å². The second-order valence-corrected chi connectivity index (χ2v) is 6.28. The Labute approximate surface area is 147 Å². The van der Waals surface area contributed by atoms with E-state index in [0.717, 1.165) is 5.69 Å². The van der Waals surface area contributed by atoms with Gasteiger partial charge in [-0.3, -0.25) is 0 Å². The predicted octanol–water partition coefficient (Wildman–Crippen LogP) is -1.95. The van der Waals surface area contributed by atoms with Crippen molar-refractivity contribution in [2.45, 2.75) is 25.2 Å². The van der Waals surface area contributed by atoms with E-state index in [9.17, 15) is 0 Å². The van der Waals surface area contributed by atoms with Gasteiger partial charge in [0.2, 0.25) is 0 Å². The molecule has 2 aromatic rings. The third-order valence-electron chi connectivity index (χ3n) is 3.94. The maximum atomic E-state index is 4.56. The maximum absolute atomic E-state index is 4.56. The third-order valence-corrected chi connectivity index (χ3v) is 4.49. The molecule has 0 fully saturated rings. The summed E-state index contributed by atoms with van der Waals surface area (Å²) in [7, 11) is 0. The Hall–Kier alpha value is -0.778. The minimum absolute atomic E-state index is 0. The van der Waals surface area contributed by atoms with Crippen LogP contribution < -0.4 is 24.8 Å². The molecule has 1 heterocycles. The smallest absolute Gasteiger partial charge is 1.00 e. The van der Waals surface area contributed by atoms with Gasteiger partial charge in [0.25, 0.3) is 0 Å². The van der Waals surface area contributed by atoms with Crippen LogP contribution in [0.1, 0.15) is 36.6 Å². The van der Waals surface area contributed by atoms with Crippen molar-refractivity contribution in [3.05, 3.63) is 69.9 Å². The van der Waals surface area contributed by atoms with Crippen LogP contribution >= 0.6 is 0 Å². The largest absolute Gasteiger partial charge is 1.00 e. The summed E-state index contributed by atoms with van der Waals surface area (Å²) in [5.41, 5.74) is 3.83. The van der Waals surface area contributed by atoms with Crippen LogP contribution in [0.25, 0.3) is 6.08 Å². The second-order valence-electron chi connectivity index (χ2n) is 5.55. The molecule has 1 aromatic carbocycles. The van der Waals surface area contributed by atoms with Gasteiger partial charge in [-0.2, -0.15) is 0 Å². The summed E-state index contributed by atoms with van der Waals surface area (Å²) in [4.78, 5) is 4.56. The quantitative estimate of drug-likeness (QED) is 0.609. The molecule has 0 saturated carbocycles. The zero-order chi connectivity index (χ0) is 13.5. The van der Waals surface area contributed by atoms with Crippen molar-refractivity contribution in [1.82, 2.24) is 4.98 Å². The molecule has 1 aliphatic carbocycles. The summed E-state index contributed by atoms with van der Waals surface area (Å²) in [5, 5.41) is 0. The van der Waals surface area contributed by atoms with Crippen molar-refractivity contribution in [2.24, 2.45) is 0 Å². The summed E-state index contributed by atoms with van der Waals surface area (Å²) < 4.78 is 1.30. The Bertz CT molecular complexity index is 638. The monoisotopic (exact) mass is 356 g/mol. The number of benzene rings is 1. The van der Waals surface area contributed by atoms with Gasteiger partial charge in [0.15, 0.2) is 0 Å². The third kappa shape index (κ3) is 3.20. The first-order valence-electron chi connectivity index (χ1n) is 6.50. The van der Waals surface area contributed by atoms with Gasteiger partial charge in [-0.1, -0.05) is 0 Å². The number of pyridine rings is 1. The molecule has 3 rings (SSSR count). The van der Waals surface area contributed by atoms with Gasteiger partial charge >= 0.3 is 122 Å². The van der Waals surface area contributed by atoms with Gasteiger partial charge in [0.05, 0.1) is 0 Å². The second kappa shape index (κ2) is 6.99. The molecular weight excluding hydrogens is 341 g/mol. The fourth-order valence-corrected chi connectivity index (χ4v) is 3.79. The van der Waals surface area contributed by atoms with Crippen LogP contribution in [-0.2, 0) is 21.7 Å². The Morgan fingerprint density at radius 1 is 1.00 bits per heavy atom. The van der Waals surface area contributed by atoms with Crippen LogP contribution in [0.5, 0.6) is 0 Å². The Morgan fingerprint density at radius 3 is 2.33 bits per heavy atom. The number of halogens is 2. The predicted molar refractivity (Wildman–Crippen MR) is 74.4 cm³/mol. The molecule has 0 saturated heterocycles. The maximum Gasteiger partial charge on any atom is -1.00 e. The van der Waals surface area contributed by atoms with Crippen LogP contribution in [0, 0.1) is 0 Å². The number of nitrogens with zero attached hydrogens (tertiary/aromatic N) is 1. The van der Waals surface area contributed by atoms with Crippen molar-refractivity contribution in [2.75, 3.05) is 0 Å². The Kier molecular flexibility index (Phi) is 6.08. The van der Waals surface area contributed by atoms with E-state index >= 15 is 0 Å². The van der Waals surface area contributed by atoms with Crippen molar-refractivity contribution >= 4 is 6.08 Å². The molecule has 0 radical (unpaired) electrons. The molecule has 1 aromatic heterocycles. The first-order valence-corrected chi connectivity index (χ1v) is 7.13. The Balaban J connectivity index is 0.00000110. The van der Waals surface area contributed by atoms with Crippen molar-refractivity contribution < 1.29 is 41.1 Å². The molecule has 1 atom stereocenters. The molecule has 109 valence electrons. The van der Waals surface area contributed by atoms with E-state index in [1.165, 1.54) is 15.6 Å². The van der Waals surface area contributed by atoms with Crippen LogP contribution in [0.4, 0.5) is 0 Å². The van der Waals surface area contributed by atoms with E-state index in [0.29, 0.717) is 5.92 Å². The average Bonchev–Trinajstić information content (AvgIpc) is 2.76. The van der Waals surface area contributed by atoms with Gasteiger partial charge in [0, 0.05) is 0 Å². The molecule has 1 nitrogen and oxygen atoms in total. The minimum atomic E-state index is -0.0229. The first kappa shape index (κ1) is 18.3. The molecule has 21 heavy (non-hydrogen) atoms. The molecule has 0 spiro atoms. The van der Waals surface area contributed by atoms with E-state index in [4.69, 9.17) is 0 Å². The Morgan fingerprint density at radius 2 is 1.67 bits per heavy atom. The van der Waals surface area contributed by atoms with Crippen LogP contribution in [0.2, 0.25) is 0 Å². The van der Waals surface area contributed by atoms with Crippen molar-refractivity contribution in [3.63, 3.8) is 0 Å². The standard InChI is InChI=1S/C17H16N.2ClH.Cr/c1-17(2,16-9-5-6-12-18-16)15-11-10-13-7-3-4-8-14(13)15;;;/h3-10,12,15H,1-2H3;2*1H;/q;;;+2/p-2. The number of hydrogen-bond acceptors (Lipinski definition) is 1. The molecule has 4 heteroatoms. The zero-order valence-corrected chi connectivity index (χ0v) is 14.7. The average molecular weight is 357 g/mol. The number of fused-ring (bicyclic) bond motifs is 1. The molecule has 1 aliphatic rings. The van der Waals surface area contributed by atoms with Gasteiger partial charge in [-0.05, 0) is 0 Å². The fourth-order valence-electron chi connectivity index (χ4n) is 2.93. The van der Waals surface area contributed by atoms with Crippen molar-refractivity contribution in [3.8, 4) is 0 Å². The molecule has 1 unspecified atom stereocenters. The first-order chi connectivity index (χ1) is 9.10.